The third kappa shape index (κ3) is 2.29. The summed E-state index contributed by atoms with van der Waals surface area (Å²) in [7, 11) is -3.71. The number of aryl methyl sites for hydroxylation is 1. The second kappa shape index (κ2) is 5.04. The molecule has 1 N–H and O–H groups in total. The predicted octanol–water partition coefficient (Wildman–Crippen LogP) is 1.53. The lowest BCUT2D eigenvalue weighted by atomic mass is 9.62. The third-order valence-corrected chi connectivity index (χ3v) is 7.23. The minimum atomic E-state index is -3.71. The van der Waals surface area contributed by atoms with Gasteiger partial charge < -0.3 is 5.32 Å². The van der Waals surface area contributed by atoms with E-state index in [1.807, 2.05) is 0 Å². The van der Waals surface area contributed by atoms with Gasteiger partial charge in [-0.25, -0.2) is 13.4 Å². The zero-order valence-corrected chi connectivity index (χ0v) is 13.3. The minimum Gasteiger partial charge on any atom is -0.317 e. The summed E-state index contributed by atoms with van der Waals surface area (Å²) >= 11 is 5.78. The molecule has 3 rings (SSSR count). The molecular formula is C14H17ClN2O3S. The molecule has 7 heteroatoms. The molecule has 1 saturated heterocycles. The normalized spacial score (nSPS) is 24.9. The van der Waals surface area contributed by atoms with Gasteiger partial charge in [-0.2, -0.15) is 0 Å². The standard InChI is InChI=1S/C14H17ClN2O3S/c1-9-11(2-3-12(15)17-9)21(19,20)13-10(18)8-14(13)4-6-16-7-5-14/h2-3,13,16H,4-8H2,1H3. The number of pyridine rings is 1. The van der Waals surface area contributed by atoms with E-state index in [2.05, 4.69) is 10.3 Å². The Morgan fingerprint density at radius 1 is 1.33 bits per heavy atom. The first kappa shape index (κ1) is 14.9. The number of nitrogens with one attached hydrogen (secondary N) is 1. The van der Waals surface area contributed by atoms with Gasteiger partial charge in [-0.1, -0.05) is 11.6 Å². The molecule has 1 aromatic heterocycles. The van der Waals surface area contributed by atoms with Crippen molar-refractivity contribution < 1.29 is 13.2 Å². The van der Waals surface area contributed by atoms with Gasteiger partial charge in [0.25, 0.3) is 0 Å². The summed E-state index contributed by atoms with van der Waals surface area (Å²) in [5, 5.41) is 2.55. The molecule has 2 heterocycles. The highest BCUT2D eigenvalue weighted by atomic mass is 35.5. The number of sulfone groups is 1. The fourth-order valence-electron chi connectivity index (χ4n) is 3.55. The van der Waals surface area contributed by atoms with E-state index in [9.17, 15) is 13.2 Å². The average molecular weight is 329 g/mol. The fourth-order valence-corrected chi connectivity index (χ4v) is 6.12. The van der Waals surface area contributed by atoms with E-state index in [0.717, 1.165) is 25.9 Å². The van der Waals surface area contributed by atoms with Gasteiger partial charge in [-0.05, 0) is 45.0 Å². The first-order valence-corrected chi connectivity index (χ1v) is 8.90. The molecule has 0 amide bonds. The van der Waals surface area contributed by atoms with Crippen LogP contribution in [-0.2, 0) is 14.6 Å². The molecule has 1 atom stereocenters. The van der Waals surface area contributed by atoms with E-state index in [4.69, 9.17) is 11.6 Å². The highest BCUT2D eigenvalue weighted by Crippen LogP contribution is 2.50. The lowest BCUT2D eigenvalue weighted by Crippen LogP contribution is -2.60. The first-order valence-electron chi connectivity index (χ1n) is 6.97. The van der Waals surface area contributed by atoms with Crippen LogP contribution in [0.1, 0.15) is 25.0 Å². The van der Waals surface area contributed by atoms with Crippen LogP contribution in [0.4, 0.5) is 0 Å². The highest BCUT2D eigenvalue weighted by Gasteiger charge is 2.60. The maximum Gasteiger partial charge on any atom is 0.190 e. The number of nitrogens with zero attached hydrogens (tertiary/aromatic N) is 1. The molecule has 1 unspecified atom stereocenters. The summed E-state index contributed by atoms with van der Waals surface area (Å²) in [6.07, 6.45) is 1.82. The molecule has 0 bridgehead atoms. The number of rotatable bonds is 2. The van der Waals surface area contributed by atoms with E-state index in [1.54, 1.807) is 6.92 Å². The van der Waals surface area contributed by atoms with Crippen LogP contribution in [0.5, 0.6) is 0 Å². The molecule has 5 nitrogen and oxygen atoms in total. The maximum absolute atomic E-state index is 12.9. The van der Waals surface area contributed by atoms with Crippen LogP contribution in [0.15, 0.2) is 17.0 Å². The molecule has 0 radical (unpaired) electrons. The number of piperidine rings is 1. The maximum atomic E-state index is 12.9. The van der Waals surface area contributed by atoms with Crippen LogP contribution in [0.25, 0.3) is 0 Å². The van der Waals surface area contributed by atoms with Gasteiger partial charge in [0.05, 0.1) is 10.6 Å². The summed E-state index contributed by atoms with van der Waals surface area (Å²) in [6.45, 7) is 3.13. The number of carbonyl (C=O) groups is 1. The Bertz CT molecular complexity index is 696. The topological polar surface area (TPSA) is 76.1 Å². The second-order valence-corrected chi connectivity index (χ2v) is 8.29. The number of carbonyl (C=O) groups excluding carboxylic acids is 1. The van der Waals surface area contributed by atoms with E-state index in [0.29, 0.717) is 12.1 Å². The second-order valence-electron chi connectivity index (χ2n) is 5.90. The van der Waals surface area contributed by atoms with Crippen LogP contribution >= 0.6 is 11.6 Å². The number of Topliss-reactive ketones (excluding diaryl/α,β-unsaturated/α-hetero) is 1. The number of aromatic nitrogens is 1. The SMILES string of the molecule is Cc1nc(Cl)ccc1S(=O)(=O)C1C(=O)CC12CCNCC2. The fraction of sp³-hybridized carbons (Fsp3) is 0.571. The van der Waals surface area contributed by atoms with E-state index >= 15 is 0 Å². The molecule has 1 aliphatic carbocycles. The zero-order chi connectivity index (χ0) is 15.3. The molecule has 1 aromatic rings. The number of halogens is 1. The summed E-state index contributed by atoms with van der Waals surface area (Å²) in [5.41, 5.74) is -0.0426. The molecule has 21 heavy (non-hydrogen) atoms. The summed E-state index contributed by atoms with van der Waals surface area (Å²) in [5.74, 6) is -0.175. The Morgan fingerprint density at radius 3 is 2.57 bits per heavy atom. The van der Waals surface area contributed by atoms with Gasteiger partial charge in [0.1, 0.15) is 10.4 Å². The molecule has 114 valence electrons. The Morgan fingerprint density at radius 2 is 2.00 bits per heavy atom. The van der Waals surface area contributed by atoms with Crippen LogP contribution < -0.4 is 5.32 Å². The monoisotopic (exact) mass is 328 g/mol. The van der Waals surface area contributed by atoms with Gasteiger partial charge in [0.2, 0.25) is 0 Å². The van der Waals surface area contributed by atoms with Gasteiger partial charge in [0, 0.05) is 11.8 Å². The predicted molar refractivity (Wildman–Crippen MR) is 79.1 cm³/mol. The quantitative estimate of drug-likeness (QED) is 0.833. The van der Waals surface area contributed by atoms with Crippen molar-refractivity contribution in [3.8, 4) is 0 Å². The molecule has 1 saturated carbocycles. The van der Waals surface area contributed by atoms with Gasteiger partial charge in [-0.3, -0.25) is 4.79 Å². The van der Waals surface area contributed by atoms with Crippen molar-refractivity contribution in [3.05, 3.63) is 23.0 Å². The lowest BCUT2D eigenvalue weighted by Gasteiger charge is -2.49. The lowest BCUT2D eigenvalue weighted by molar-refractivity contribution is -0.133. The molecule has 2 fully saturated rings. The van der Waals surface area contributed by atoms with Crippen LogP contribution in [0.3, 0.4) is 0 Å². The van der Waals surface area contributed by atoms with Crippen molar-refractivity contribution in [2.24, 2.45) is 5.41 Å². The number of ketones is 1. The van der Waals surface area contributed by atoms with Crippen molar-refractivity contribution in [1.29, 1.82) is 0 Å². The van der Waals surface area contributed by atoms with E-state index in [-0.39, 0.29) is 15.8 Å². The van der Waals surface area contributed by atoms with Crippen molar-refractivity contribution in [2.75, 3.05) is 13.1 Å². The Labute approximate surface area is 129 Å². The highest BCUT2D eigenvalue weighted by molar-refractivity contribution is 7.93. The molecular weight excluding hydrogens is 312 g/mol. The van der Waals surface area contributed by atoms with Gasteiger partial charge in [-0.15, -0.1) is 0 Å². The molecule has 1 spiro atoms. The third-order valence-electron chi connectivity index (χ3n) is 4.59. The smallest absolute Gasteiger partial charge is 0.190 e. The van der Waals surface area contributed by atoms with Crippen molar-refractivity contribution >= 4 is 27.2 Å². The largest absolute Gasteiger partial charge is 0.317 e. The minimum absolute atomic E-state index is 0.128. The van der Waals surface area contributed by atoms with Crippen LogP contribution in [0.2, 0.25) is 5.15 Å². The van der Waals surface area contributed by atoms with Crippen molar-refractivity contribution in [2.45, 2.75) is 36.3 Å². The summed E-state index contributed by atoms with van der Waals surface area (Å²) in [4.78, 5) is 16.2. The molecule has 2 aliphatic rings. The number of hydrogen-bond acceptors (Lipinski definition) is 5. The summed E-state index contributed by atoms with van der Waals surface area (Å²) in [6, 6.07) is 2.92. The molecule has 0 aromatic carbocycles. The van der Waals surface area contributed by atoms with E-state index in [1.165, 1.54) is 12.1 Å². The van der Waals surface area contributed by atoms with E-state index < -0.39 is 20.5 Å². The van der Waals surface area contributed by atoms with Crippen molar-refractivity contribution in [1.82, 2.24) is 10.3 Å². The molecule has 1 aliphatic heterocycles. The first-order chi connectivity index (χ1) is 9.87. The van der Waals surface area contributed by atoms with Crippen LogP contribution in [0, 0.1) is 12.3 Å². The van der Waals surface area contributed by atoms with Crippen LogP contribution in [-0.4, -0.2) is 37.5 Å². The van der Waals surface area contributed by atoms with Gasteiger partial charge >= 0.3 is 0 Å². The Hall–Kier alpha value is -0.980. The van der Waals surface area contributed by atoms with Crippen molar-refractivity contribution in [3.63, 3.8) is 0 Å². The summed E-state index contributed by atoms with van der Waals surface area (Å²) < 4.78 is 25.8. The Balaban J connectivity index is 2.02. The zero-order valence-electron chi connectivity index (χ0n) is 11.7. The Kier molecular flexibility index (Phi) is 3.58. The average Bonchev–Trinajstić information content (AvgIpc) is 2.37. The number of hydrogen-bond donors (Lipinski definition) is 1. The van der Waals surface area contributed by atoms with Gasteiger partial charge in [0.15, 0.2) is 15.6 Å².